The van der Waals surface area contributed by atoms with Crippen LogP contribution in [0.15, 0.2) is 47.4 Å². The Bertz CT molecular complexity index is 842. The Labute approximate surface area is 131 Å². The second-order valence-electron chi connectivity index (χ2n) is 6.27. The summed E-state index contributed by atoms with van der Waals surface area (Å²) in [7, 11) is -3.49. The van der Waals surface area contributed by atoms with Gasteiger partial charge < -0.3 is 0 Å². The highest BCUT2D eigenvalue weighted by atomic mass is 32.2. The zero-order chi connectivity index (χ0) is 15.3. The molecule has 1 atom stereocenters. The van der Waals surface area contributed by atoms with Crippen LogP contribution >= 0.6 is 0 Å². The Balaban J connectivity index is 1.81. The van der Waals surface area contributed by atoms with Crippen LogP contribution in [0.4, 0.5) is 5.69 Å². The van der Waals surface area contributed by atoms with E-state index in [9.17, 15) is 8.42 Å². The van der Waals surface area contributed by atoms with E-state index in [2.05, 4.69) is 0 Å². The molecule has 0 saturated carbocycles. The number of benzene rings is 2. The molecule has 1 aliphatic heterocycles. The van der Waals surface area contributed by atoms with Gasteiger partial charge in [0, 0.05) is 6.04 Å². The van der Waals surface area contributed by atoms with Crippen LogP contribution in [-0.4, -0.2) is 14.5 Å². The predicted octanol–water partition coefficient (Wildman–Crippen LogP) is 3.32. The number of hydrogen-bond donors (Lipinski definition) is 0. The third kappa shape index (κ3) is 1.97. The molecular weight excluding hydrogens is 294 g/mol. The lowest BCUT2D eigenvalue weighted by Crippen LogP contribution is -2.35. The summed E-state index contributed by atoms with van der Waals surface area (Å²) in [5.74, 6) is 0. The van der Waals surface area contributed by atoms with Crippen LogP contribution in [0.2, 0.25) is 0 Å². The molecule has 0 unspecified atom stereocenters. The van der Waals surface area contributed by atoms with E-state index in [0.29, 0.717) is 4.90 Å². The molecule has 0 saturated heterocycles. The van der Waals surface area contributed by atoms with E-state index in [0.717, 1.165) is 36.9 Å². The molecule has 1 aliphatic carbocycles. The minimum atomic E-state index is -3.49. The molecular formula is C18H19NO2S. The van der Waals surface area contributed by atoms with Gasteiger partial charge in [-0.05, 0) is 67.5 Å². The molecule has 0 amide bonds. The zero-order valence-corrected chi connectivity index (χ0v) is 13.4. The lowest BCUT2D eigenvalue weighted by Gasteiger charge is -2.24. The molecule has 0 radical (unpaired) electrons. The van der Waals surface area contributed by atoms with E-state index in [1.165, 1.54) is 11.1 Å². The first-order valence-corrected chi connectivity index (χ1v) is 9.25. The Kier molecular flexibility index (Phi) is 3.05. The van der Waals surface area contributed by atoms with Crippen molar-refractivity contribution in [3.05, 3.63) is 59.2 Å². The standard InChI is InChI=1S/C18H19NO2S/c1-13-11-16-5-2-3-8-18(16)19(13)22(20,21)17-10-9-14-6-4-7-15(14)12-17/h2-3,5,8-10,12-13H,4,6-7,11H2,1H3/t13-/m0/s1. The first-order chi connectivity index (χ1) is 10.6. The second kappa shape index (κ2) is 4.85. The molecule has 2 aromatic rings. The summed E-state index contributed by atoms with van der Waals surface area (Å²) in [5, 5.41) is 0. The fraction of sp³-hybridized carbons (Fsp3) is 0.333. The van der Waals surface area contributed by atoms with E-state index in [1.54, 1.807) is 10.4 Å². The third-order valence-corrected chi connectivity index (χ3v) is 6.70. The maximum atomic E-state index is 13.1. The quantitative estimate of drug-likeness (QED) is 0.853. The number of sulfonamides is 1. The van der Waals surface area contributed by atoms with Crippen LogP contribution in [0, 0.1) is 0 Å². The maximum absolute atomic E-state index is 13.1. The fourth-order valence-electron chi connectivity index (χ4n) is 3.73. The van der Waals surface area contributed by atoms with Crippen molar-refractivity contribution in [3.63, 3.8) is 0 Å². The van der Waals surface area contributed by atoms with Crippen molar-refractivity contribution in [1.29, 1.82) is 0 Å². The largest absolute Gasteiger partial charge is 0.264 e. The van der Waals surface area contributed by atoms with Gasteiger partial charge in [0.25, 0.3) is 10.0 Å². The summed E-state index contributed by atoms with van der Waals surface area (Å²) in [6.07, 6.45) is 3.96. The van der Waals surface area contributed by atoms with Crippen molar-refractivity contribution in [2.45, 2.75) is 43.5 Å². The molecule has 4 heteroatoms. The molecule has 0 spiro atoms. The summed E-state index contributed by atoms with van der Waals surface area (Å²) < 4.78 is 27.9. The molecule has 1 heterocycles. The molecule has 3 nitrogen and oxygen atoms in total. The third-order valence-electron chi connectivity index (χ3n) is 4.77. The zero-order valence-electron chi connectivity index (χ0n) is 12.6. The van der Waals surface area contributed by atoms with E-state index in [1.807, 2.05) is 43.3 Å². The van der Waals surface area contributed by atoms with Gasteiger partial charge in [-0.15, -0.1) is 0 Å². The van der Waals surface area contributed by atoms with E-state index in [-0.39, 0.29) is 6.04 Å². The van der Waals surface area contributed by atoms with Crippen molar-refractivity contribution >= 4 is 15.7 Å². The van der Waals surface area contributed by atoms with Crippen molar-refractivity contribution in [2.24, 2.45) is 0 Å². The summed E-state index contributed by atoms with van der Waals surface area (Å²) in [6, 6.07) is 13.4. The van der Waals surface area contributed by atoms with E-state index in [4.69, 9.17) is 0 Å². The summed E-state index contributed by atoms with van der Waals surface area (Å²) in [5.41, 5.74) is 4.44. The van der Waals surface area contributed by atoms with Gasteiger partial charge in [0.2, 0.25) is 0 Å². The summed E-state index contributed by atoms with van der Waals surface area (Å²) >= 11 is 0. The first-order valence-electron chi connectivity index (χ1n) is 7.81. The number of rotatable bonds is 2. The lowest BCUT2D eigenvalue weighted by molar-refractivity contribution is 0.584. The van der Waals surface area contributed by atoms with Gasteiger partial charge in [-0.3, -0.25) is 4.31 Å². The minimum absolute atomic E-state index is 0.0318. The van der Waals surface area contributed by atoms with Crippen molar-refractivity contribution in [2.75, 3.05) is 4.31 Å². The monoisotopic (exact) mass is 313 g/mol. The number of fused-ring (bicyclic) bond motifs is 2. The molecule has 0 aromatic heterocycles. The average Bonchev–Trinajstić information content (AvgIpc) is 3.08. The highest BCUT2D eigenvalue weighted by Crippen LogP contribution is 2.37. The Hall–Kier alpha value is -1.81. The van der Waals surface area contributed by atoms with Crippen molar-refractivity contribution in [3.8, 4) is 0 Å². The highest BCUT2D eigenvalue weighted by molar-refractivity contribution is 7.92. The molecule has 2 aliphatic rings. The van der Waals surface area contributed by atoms with Crippen LogP contribution in [0.1, 0.15) is 30.0 Å². The van der Waals surface area contributed by atoms with E-state index < -0.39 is 10.0 Å². The van der Waals surface area contributed by atoms with Crippen LogP contribution < -0.4 is 4.31 Å². The smallest absolute Gasteiger partial charge is 0.263 e. The van der Waals surface area contributed by atoms with Gasteiger partial charge in [-0.25, -0.2) is 8.42 Å². The number of anilines is 1. The minimum Gasteiger partial charge on any atom is -0.263 e. The Morgan fingerprint density at radius 3 is 2.64 bits per heavy atom. The van der Waals surface area contributed by atoms with Gasteiger partial charge in [0.05, 0.1) is 10.6 Å². The lowest BCUT2D eigenvalue weighted by atomic mass is 10.1. The van der Waals surface area contributed by atoms with Crippen molar-refractivity contribution in [1.82, 2.24) is 0 Å². The molecule has 0 bridgehead atoms. The van der Waals surface area contributed by atoms with Gasteiger partial charge >= 0.3 is 0 Å². The van der Waals surface area contributed by atoms with Gasteiger partial charge in [-0.1, -0.05) is 24.3 Å². The molecule has 4 rings (SSSR count). The average molecular weight is 313 g/mol. The Morgan fingerprint density at radius 1 is 1.00 bits per heavy atom. The molecule has 0 N–H and O–H groups in total. The van der Waals surface area contributed by atoms with Crippen molar-refractivity contribution < 1.29 is 8.42 Å². The van der Waals surface area contributed by atoms with Crippen LogP contribution in [-0.2, 0) is 29.3 Å². The SMILES string of the molecule is C[C@H]1Cc2ccccc2N1S(=O)(=O)c1ccc2c(c1)CCC2. The number of para-hydroxylation sites is 1. The van der Waals surface area contributed by atoms with Crippen LogP contribution in [0.25, 0.3) is 0 Å². The molecule has 22 heavy (non-hydrogen) atoms. The fourth-order valence-corrected chi connectivity index (χ4v) is 5.47. The first kappa shape index (κ1) is 13.8. The maximum Gasteiger partial charge on any atom is 0.264 e. The highest BCUT2D eigenvalue weighted by Gasteiger charge is 2.36. The number of hydrogen-bond acceptors (Lipinski definition) is 2. The van der Waals surface area contributed by atoms with Crippen LogP contribution in [0.5, 0.6) is 0 Å². The van der Waals surface area contributed by atoms with Gasteiger partial charge in [0.1, 0.15) is 0 Å². The second-order valence-corrected chi connectivity index (χ2v) is 8.08. The van der Waals surface area contributed by atoms with Gasteiger partial charge in [0.15, 0.2) is 0 Å². The topological polar surface area (TPSA) is 37.4 Å². The molecule has 0 fully saturated rings. The number of aryl methyl sites for hydroxylation is 2. The molecule has 114 valence electrons. The van der Waals surface area contributed by atoms with E-state index >= 15 is 0 Å². The van der Waals surface area contributed by atoms with Gasteiger partial charge in [-0.2, -0.15) is 0 Å². The Morgan fingerprint density at radius 2 is 1.77 bits per heavy atom. The normalized spacial score (nSPS) is 20.0. The summed E-state index contributed by atoms with van der Waals surface area (Å²) in [6.45, 7) is 1.98. The van der Waals surface area contributed by atoms with Crippen LogP contribution in [0.3, 0.4) is 0 Å². The molecule has 2 aromatic carbocycles. The summed E-state index contributed by atoms with van der Waals surface area (Å²) in [4.78, 5) is 0.428. The predicted molar refractivity (Wildman–Crippen MR) is 87.7 cm³/mol. The number of nitrogens with zero attached hydrogens (tertiary/aromatic N) is 1.